The Balaban J connectivity index is 2.25. The third kappa shape index (κ3) is 2.41. The fraction of sp³-hybridized carbons (Fsp3) is 0.692. The van der Waals surface area contributed by atoms with Crippen LogP contribution in [0.15, 0.2) is 9.85 Å². The topological polar surface area (TPSA) is 0 Å². The summed E-state index contributed by atoms with van der Waals surface area (Å²) in [6.45, 7) is 7.05. The lowest BCUT2D eigenvalue weighted by molar-refractivity contribution is 0.257. The van der Waals surface area contributed by atoms with Crippen LogP contribution in [0.3, 0.4) is 0 Å². The molecule has 1 saturated carbocycles. The highest BCUT2D eigenvalue weighted by molar-refractivity contribution is 9.11. The number of aryl methyl sites for hydroxylation is 1. The van der Waals surface area contributed by atoms with Gasteiger partial charge in [0.2, 0.25) is 0 Å². The Labute approximate surface area is 119 Å². The van der Waals surface area contributed by atoms with E-state index in [1.807, 2.05) is 11.3 Å². The molecule has 0 spiro atoms. The maximum atomic E-state index is 3.94. The number of rotatable bonds is 2. The zero-order valence-corrected chi connectivity index (χ0v) is 14.0. The van der Waals surface area contributed by atoms with Gasteiger partial charge in [0.05, 0.1) is 3.79 Å². The molecule has 0 N–H and O–H groups in total. The predicted molar refractivity (Wildman–Crippen MR) is 79.5 cm³/mol. The summed E-state index contributed by atoms with van der Waals surface area (Å²) < 4.78 is 1.25. The van der Waals surface area contributed by atoms with Gasteiger partial charge in [0.25, 0.3) is 0 Å². The second kappa shape index (κ2) is 4.74. The molecule has 1 aliphatic carbocycles. The monoisotopic (exact) mass is 364 g/mol. The molecule has 1 aromatic rings. The van der Waals surface area contributed by atoms with Gasteiger partial charge in [0.1, 0.15) is 0 Å². The molecule has 90 valence electrons. The third-order valence-corrected chi connectivity index (χ3v) is 6.62. The van der Waals surface area contributed by atoms with Crippen LogP contribution in [0.4, 0.5) is 0 Å². The molecular weight excluding hydrogens is 348 g/mol. The summed E-state index contributed by atoms with van der Waals surface area (Å²) in [5.74, 6) is 0.771. The average Bonchev–Trinajstić information content (AvgIpc) is 2.68. The van der Waals surface area contributed by atoms with E-state index in [4.69, 9.17) is 0 Å². The van der Waals surface area contributed by atoms with Gasteiger partial charge < -0.3 is 0 Å². The van der Waals surface area contributed by atoms with Gasteiger partial charge in [-0.05, 0) is 58.7 Å². The summed E-state index contributed by atoms with van der Waals surface area (Å²) >= 11 is 9.37. The first-order chi connectivity index (χ1) is 7.42. The van der Waals surface area contributed by atoms with Crippen LogP contribution < -0.4 is 0 Å². The van der Waals surface area contributed by atoms with E-state index in [9.17, 15) is 0 Å². The van der Waals surface area contributed by atoms with Crippen LogP contribution in [0.25, 0.3) is 0 Å². The minimum atomic E-state index is 0.481. The van der Waals surface area contributed by atoms with E-state index in [1.54, 1.807) is 0 Å². The maximum absolute atomic E-state index is 3.94. The first-order valence-electron chi connectivity index (χ1n) is 5.82. The highest BCUT2D eigenvalue weighted by Crippen LogP contribution is 2.53. The number of hydrogen-bond donors (Lipinski definition) is 0. The molecule has 0 saturated heterocycles. The van der Waals surface area contributed by atoms with Gasteiger partial charge >= 0.3 is 0 Å². The standard InChI is InChI=1S/C13H18Br2S/c1-8-9(7-11(14)16-8)12(15)10-5-4-6-13(10,2)3/h7,10,12H,4-6H2,1-3H3. The van der Waals surface area contributed by atoms with Crippen molar-refractivity contribution >= 4 is 43.2 Å². The number of hydrogen-bond acceptors (Lipinski definition) is 1. The molecule has 1 fully saturated rings. The lowest BCUT2D eigenvalue weighted by Gasteiger charge is -2.31. The largest absolute Gasteiger partial charge is 0.133 e. The zero-order chi connectivity index (χ0) is 11.9. The molecule has 0 radical (unpaired) electrons. The Hall–Kier alpha value is 0.660. The molecule has 1 heterocycles. The van der Waals surface area contributed by atoms with E-state index < -0.39 is 0 Å². The SMILES string of the molecule is Cc1sc(Br)cc1C(Br)C1CCCC1(C)C. The fourth-order valence-corrected chi connectivity index (χ4v) is 6.21. The number of alkyl halides is 1. The molecule has 0 aliphatic heterocycles. The molecule has 3 heteroatoms. The smallest absolute Gasteiger partial charge is 0.0704 e. The van der Waals surface area contributed by atoms with Crippen LogP contribution in [0.1, 0.15) is 48.4 Å². The van der Waals surface area contributed by atoms with Crippen molar-refractivity contribution in [3.63, 3.8) is 0 Å². The van der Waals surface area contributed by atoms with Crippen molar-refractivity contribution < 1.29 is 0 Å². The van der Waals surface area contributed by atoms with E-state index in [1.165, 1.54) is 33.5 Å². The highest BCUT2D eigenvalue weighted by Gasteiger charge is 2.39. The normalized spacial score (nSPS) is 25.9. The van der Waals surface area contributed by atoms with Gasteiger partial charge in [0.15, 0.2) is 0 Å². The summed E-state index contributed by atoms with van der Waals surface area (Å²) in [6, 6.07) is 2.29. The Morgan fingerprint density at radius 2 is 2.19 bits per heavy atom. The lowest BCUT2D eigenvalue weighted by Crippen LogP contribution is -2.21. The van der Waals surface area contributed by atoms with E-state index in [2.05, 4.69) is 58.7 Å². The molecule has 0 aromatic carbocycles. The Kier molecular flexibility index (Phi) is 3.88. The lowest BCUT2D eigenvalue weighted by atomic mass is 9.78. The van der Waals surface area contributed by atoms with Crippen molar-refractivity contribution in [2.24, 2.45) is 11.3 Å². The summed E-state index contributed by atoms with van der Waals surface area (Å²) in [4.78, 5) is 1.96. The summed E-state index contributed by atoms with van der Waals surface area (Å²) in [6.07, 6.45) is 4.10. The Morgan fingerprint density at radius 1 is 1.50 bits per heavy atom. The van der Waals surface area contributed by atoms with Gasteiger partial charge in [0, 0.05) is 9.70 Å². The van der Waals surface area contributed by atoms with Crippen molar-refractivity contribution in [3.05, 3.63) is 20.3 Å². The highest BCUT2D eigenvalue weighted by atomic mass is 79.9. The quantitative estimate of drug-likeness (QED) is 0.557. The zero-order valence-electron chi connectivity index (χ0n) is 10.0. The van der Waals surface area contributed by atoms with E-state index in [0.29, 0.717) is 10.2 Å². The minimum absolute atomic E-state index is 0.481. The molecule has 2 atom stereocenters. The molecular formula is C13H18Br2S. The van der Waals surface area contributed by atoms with Crippen LogP contribution >= 0.6 is 43.2 Å². The van der Waals surface area contributed by atoms with E-state index in [-0.39, 0.29) is 0 Å². The van der Waals surface area contributed by atoms with Crippen molar-refractivity contribution in [2.45, 2.75) is 44.9 Å². The van der Waals surface area contributed by atoms with E-state index >= 15 is 0 Å². The minimum Gasteiger partial charge on any atom is -0.133 e. The van der Waals surface area contributed by atoms with Crippen molar-refractivity contribution in [1.82, 2.24) is 0 Å². The van der Waals surface area contributed by atoms with Crippen molar-refractivity contribution in [2.75, 3.05) is 0 Å². The van der Waals surface area contributed by atoms with Gasteiger partial charge in [-0.25, -0.2) is 0 Å². The maximum Gasteiger partial charge on any atom is 0.0704 e. The average molecular weight is 366 g/mol. The van der Waals surface area contributed by atoms with Crippen LogP contribution in [-0.4, -0.2) is 0 Å². The number of thiophene rings is 1. The molecule has 16 heavy (non-hydrogen) atoms. The molecule has 1 aromatic heterocycles. The first kappa shape index (κ1) is 13.1. The fourth-order valence-electron chi connectivity index (χ4n) is 2.85. The van der Waals surface area contributed by atoms with Crippen LogP contribution in [0.5, 0.6) is 0 Å². The van der Waals surface area contributed by atoms with Crippen LogP contribution in [0.2, 0.25) is 0 Å². The molecule has 0 bridgehead atoms. The molecule has 2 rings (SSSR count). The summed E-state index contributed by atoms with van der Waals surface area (Å²) in [5.41, 5.74) is 1.96. The van der Waals surface area contributed by atoms with Crippen molar-refractivity contribution in [1.29, 1.82) is 0 Å². The van der Waals surface area contributed by atoms with Gasteiger partial charge in [-0.3, -0.25) is 0 Å². The van der Waals surface area contributed by atoms with Gasteiger partial charge in [-0.2, -0.15) is 0 Å². The second-order valence-corrected chi connectivity index (χ2v) is 9.07. The third-order valence-electron chi connectivity index (χ3n) is 3.92. The van der Waals surface area contributed by atoms with Crippen LogP contribution in [-0.2, 0) is 0 Å². The Bertz CT molecular complexity index is 381. The predicted octanol–water partition coefficient (Wildman–Crippen LogP) is 6.08. The Morgan fingerprint density at radius 3 is 2.62 bits per heavy atom. The van der Waals surface area contributed by atoms with E-state index in [0.717, 1.165) is 5.92 Å². The molecule has 2 unspecified atom stereocenters. The second-order valence-electron chi connectivity index (χ2n) is 5.45. The van der Waals surface area contributed by atoms with Gasteiger partial charge in [-0.15, -0.1) is 11.3 Å². The van der Waals surface area contributed by atoms with Crippen LogP contribution in [0, 0.1) is 18.3 Å². The summed E-state index contributed by atoms with van der Waals surface area (Å²) in [5, 5.41) is 0. The molecule has 0 amide bonds. The number of halogens is 2. The van der Waals surface area contributed by atoms with Gasteiger partial charge in [-0.1, -0.05) is 36.2 Å². The van der Waals surface area contributed by atoms with Crippen molar-refractivity contribution in [3.8, 4) is 0 Å². The summed E-state index contributed by atoms with van der Waals surface area (Å²) in [7, 11) is 0. The first-order valence-corrected chi connectivity index (χ1v) is 8.34. The molecule has 0 nitrogen and oxygen atoms in total. The molecule has 1 aliphatic rings.